The predicted octanol–water partition coefficient (Wildman–Crippen LogP) is 2.62. The number of rotatable bonds is 9. The largest absolute Gasteiger partial charge is 0.343 e. The number of aromatic nitrogens is 4. The summed E-state index contributed by atoms with van der Waals surface area (Å²) in [6.07, 6.45) is 1.71. The second kappa shape index (κ2) is 10.5. The molecule has 31 heavy (non-hydrogen) atoms. The van der Waals surface area contributed by atoms with E-state index in [9.17, 15) is 9.59 Å². The number of thioether (sulfide) groups is 2. The molecule has 0 aliphatic heterocycles. The van der Waals surface area contributed by atoms with Gasteiger partial charge in [-0.05, 0) is 45.0 Å². The molecule has 2 amide bonds. The van der Waals surface area contributed by atoms with Crippen LogP contribution in [0.5, 0.6) is 0 Å². The van der Waals surface area contributed by atoms with Gasteiger partial charge in [-0.3, -0.25) is 14.6 Å². The fraction of sp³-hybridized carbons (Fsp3) is 0.350. The van der Waals surface area contributed by atoms with Crippen LogP contribution in [0.25, 0.3) is 10.9 Å². The van der Waals surface area contributed by atoms with Crippen LogP contribution in [0.2, 0.25) is 0 Å². The lowest BCUT2D eigenvalue weighted by atomic mass is 10.2. The molecule has 0 spiro atoms. The number of hydrogen-bond donors (Lipinski definition) is 2. The number of pyridine rings is 1. The van der Waals surface area contributed by atoms with Crippen molar-refractivity contribution in [3.63, 3.8) is 0 Å². The zero-order valence-corrected chi connectivity index (χ0v) is 19.2. The Morgan fingerprint density at radius 2 is 1.90 bits per heavy atom. The zero-order valence-electron chi connectivity index (χ0n) is 17.6. The number of hydrogen-bond acceptors (Lipinski definition) is 8. The summed E-state index contributed by atoms with van der Waals surface area (Å²) >= 11 is 2.43. The van der Waals surface area contributed by atoms with Crippen LogP contribution < -0.4 is 11.2 Å². The van der Waals surface area contributed by atoms with E-state index in [1.54, 1.807) is 18.0 Å². The van der Waals surface area contributed by atoms with E-state index in [1.807, 2.05) is 44.2 Å². The van der Waals surface area contributed by atoms with Crippen molar-refractivity contribution in [2.75, 3.05) is 30.0 Å². The molecule has 0 radical (unpaired) electrons. The zero-order chi connectivity index (χ0) is 22.4. The molecule has 0 fully saturated rings. The fourth-order valence-corrected chi connectivity index (χ4v) is 4.48. The van der Waals surface area contributed by atoms with Gasteiger partial charge in [-0.15, -0.1) is 10.2 Å². The lowest BCUT2D eigenvalue weighted by Crippen LogP contribution is -2.32. The lowest BCUT2D eigenvalue weighted by Gasteiger charge is -2.17. The molecule has 0 bridgehead atoms. The number of nitrogens with one attached hydrogen (secondary N) is 1. The van der Waals surface area contributed by atoms with Crippen LogP contribution in [0, 0.1) is 0 Å². The number of anilines is 1. The van der Waals surface area contributed by atoms with Crippen LogP contribution in [0.4, 0.5) is 5.69 Å². The van der Waals surface area contributed by atoms with Gasteiger partial charge >= 0.3 is 0 Å². The summed E-state index contributed by atoms with van der Waals surface area (Å²) in [6, 6.07) is 9.32. The molecule has 3 rings (SSSR count). The quantitative estimate of drug-likeness (QED) is 0.370. The summed E-state index contributed by atoms with van der Waals surface area (Å²) < 4.78 is 1.32. The standard InChI is InChI=1S/C20H25N7O2S2/c1-4-26(5-2)17(28)12-30-19-24-25-20(27(19)21)31-13(3)18(29)23-16-10-6-9-15-14(16)8-7-11-22-15/h6-11,13H,4-5,12,21H2,1-3H3,(H,23,29)/t13-/m1/s1. The van der Waals surface area contributed by atoms with Crippen LogP contribution >= 0.6 is 23.5 Å². The van der Waals surface area contributed by atoms with E-state index in [0.717, 1.165) is 10.9 Å². The minimum Gasteiger partial charge on any atom is -0.343 e. The van der Waals surface area contributed by atoms with Gasteiger partial charge in [-0.2, -0.15) is 0 Å². The van der Waals surface area contributed by atoms with Gasteiger partial charge in [-0.1, -0.05) is 29.6 Å². The maximum atomic E-state index is 12.7. The van der Waals surface area contributed by atoms with Crippen molar-refractivity contribution < 1.29 is 9.59 Å². The first kappa shape index (κ1) is 22.9. The second-order valence-corrected chi connectivity index (χ2v) is 8.87. The van der Waals surface area contributed by atoms with Crippen molar-refractivity contribution in [1.29, 1.82) is 0 Å². The molecule has 3 N–H and O–H groups in total. The first-order valence-electron chi connectivity index (χ1n) is 9.86. The topological polar surface area (TPSA) is 119 Å². The van der Waals surface area contributed by atoms with Crippen molar-refractivity contribution in [2.45, 2.75) is 36.3 Å². The molecular weight excluding hydrogens is 434 g/mol. The van der Waals surface area contributed by atoms with Gasteiger partial charge in [0.05, 0.1) is 22.2 Å². The van der Waals surface area contributed by atoms with Crippen LogP contribution in [-0.2, 0) is 9.59 Å². The Morgan fingerprint density at radius 3 is 2.65 bits per heavy atom. The number of amides is 2. The molecule has 0 aliphatic rings. The number of nitrogens with zero attached hydrogens (tertiary/aromatic N) is 5. The second-order valence-electron chi connectivity index (χ2n) is 6.61. The summed E-state index contributed by atoms with van der Waals surface area (Å²) in [7, 11) is 0. The number of fused-ring (bicyclic) bond motifs is 1. The monoisotopic (exact) mass is 459 g/mol. The van der Waals surface area contributed by atoms with Crippen LogP contribution in [0.1, 0.15) is 20.8 Å². The summed E-state index contributed by atoms with van der Waals surface area (Å²) in [5, 5.41) is 12.3. The number of carbonyl (C=O) groups is 2. The highest BCUT2D eigenvalue weighted by Gasteiger charge is 2.21. The molecule has 2 heterocycles. The summed E-state index contributed by atoms with van der Waals surface area (Å²) in [6.45, 7) is 6.97. The average Bonchev–Trinajstić information content (AvgIpc) is 3.12. The minimum atomic E-state index is -0.464. The van der Waals surface area contributed by atoms with Crippen molar-refractivity contribution >= 4 is 51.9 Å². The van der Waals surface area contributed by atoms with Gasteiger partial charge in [0.25, 0.3) is 0 Å². The third kappa shape index (κ3) is 5.47. The summed E-state index contributed by atoms with van der Waals surface area (Å²) in [4.78, 5) is 31.0. The molecule has 11 heteroatoms. The van der Waals surface area contributed by atoms with E-state index >= 15 is 0 Å². The number of benzene rings is 1. The van der Waals surface area contributed by atoms with Crippen molar-refractivity contribution in [3.8, 4) is 0 Å². The number of nitrogen functional groups attached to an aromatic ring is 1. The van der Waals surface area contributed by atoms with Gasteiger partial charge < -0.3 is 16.1 Å². The minimum absolute atomic E-state index is 0.0181. The Morgan fingerprint density at radius 1 is 1.16 bits per heavy atom. The summed E-state index contributed by atoms with van der Waals surface area (Å²) in [5.74, 6) is 6.15. The van der Waals surface area contributed by atoms with Crippen molar-refractivity contribution in [3.05, 3.63) is 36.5 Å². The normalized spacial score (nSPS) is 12.0. The maximum Gasteiger partial charge on any atom is 0.237 e. The van der Waals surface area contributed by atoms with E-state index in [-0.39, 0.29) is 17.6 Å². The highest BCUT2D eigenvalue weighted by atomic mass is 32.2. The molecule has 0 saturated heterocycles. The highest BCUT2D eigenvalue weighted by molar-refractivity contribution is 8.00. The van der Waals surface area contributed by atoms with E-state index in [2.05, 4.69) is 20.5 Å². The average molecular weight is 460 g/mol. The van der Waals surface area contributed by atoms with Crippen LogP contribution in [0.3, 0.4) is 0 Å². The molecule has 9 nitrogen and oxygen atoms in total. The lowest BCUT2D eigenvalue weighted by molar-refractivity contribution is -0.128. The molecule has 1 aromatic carbocycles. The summed E-state index contributed by atoms with van der Waals surface area (Å²) in [5.41, 5.74) is 1.51. The first-order valence-corrected chi connectivity index (χ1v) is 11.7. The fourth-order valence-electron chi connectivity index (χ4n) is 2.89. The molecule has 3 aromatic rings. The Balaban J connectivity index is 1.62. The first-order chi connectivity index (χ1) is 14.9. The van der Waals surface area contributed by atoms with E-state index in [0.29, 0.717) is 29.1 Å². The molecule has 164 valence electrons. The van der Waals surface area contributed by atoms with Crippen molar-refractivity contribution in [1.82, 2.24) is 24.8 Å². The van der Waals surface area contributed by atoms with Gasteiger partial charge in [0.2, 0.25) is 22.1 Å². The molecular formula is C20H25N7O2S2. The van der Waals surface area contributed by atoms with E-state index in [1.165, 1.54) is 28.2 Å². The Hall–Kier alpha value is -2.79. The molecule has 2 aromatic heterocycles. The molecule has 0 saturated carbocycles. The highest BCUT2D eigenvalue weighted by Crippen LogP contribution is 2.27. The molecule has 0 unspecified atom stereocenters. The predicted molar refractivity (Wildman–Crippen MR) is 125 cm³/mol. The van der Waals surface area contributed by atoms with E-state index < -0.39 is 5.25 Å². The van der Waals surface area contributed by atoms with Crippen molar-refractivity contribution in [2.24, 2.45) is 0 Å². The van der Waals surface area contributed by atoms with Gasteiger partial charge in [-0.25, -0.2) is 4.68 Å². The maximum absolute atomic E-state index is 12.7. The SMILES string of the molecule is CCN(CC)C(=O)CSc1nnc(S[C@H](C)C(=O)Nc2cccc3ncccc23)n1N. The third-order valence-electron chi connectivity index (χ3n) is 4.63. The van der Waals surface area contributed by atoms with E-state index in [4.69, 9.17) is 5.84 Å². The van der Waals surface area contributed by atoms with Crippen LogP contribution in [0.15, 0.2) is 46.8 Å². The van der Waals surface area contributed by atoms with Gasteiger partial charge in [0.1, 0.15) is 0 Å². The Bertz CT molecular complexity index is 1060. The van der Waals surface area contributed by atoms with Crippen LogP contribution in [-0.4, -0.2) is 60.7 Å². The smallest absolute Gasteiger partial charge is 0.237 e. The third-order valence-corrected chi connectivity index (χ3v) is 6.61. The van der Waals surface area contributed by atoms with Gasteiger partial charge in [0.15, 0.2) is 0 Å². The number of nitrogens with two attached hydrogens (primary N) is 1. The molecule has 0 aliphatic carbocycles. The molecule has 1 atom stereocenters. The Labute approximate surface area is 189 Å². The Kier molecular flexibility index (Phi) is 7.75. The number of carbonyl (C=O) groups excluding carboxylic acids is 2. The van der Waals surface area contributed by atoms with Gasteiger partial charge in [0, 0.05) is 24.7 Å².